The van der Waals surface area contributed by atoms with E-state index in [1.807, 2.05) is 0 Å². The summed E-state index contributed by atoms with van der Waals surface area (Å²) in [6.07, 6.45) is 0.0552. The van der Waals surface area contributed by atoms with Crippen LogP contribution in [0.1, 0.15) is 18.9 Å². The summed E-state index contributed by atoms with van der Waals surface area (Å²) in [5.74, 6) is -0.633. The van der Waals surface area contributed by atoms with Crippen LogP contribution in [0, 0.1) is 5.82 Å². The Morgan fingerprint density at radius 3 is 2.37 bits per heavy atom. The van der Waals surface area contributed by atoms with E-state index in [0.29, 0.717) is 5.56 Å². The van der Waals surface area contributed by atoms with E-state index in [9.17, 15) is 23.0 Å². The number of rotatable bonds is 7. The molecule has 1 aromatic rings. The van der Waals surface area contributed by atoms with Crippen molar-refractivity contribution >= 4 is 9.84 Å². The first-order valence-corrected chi connectivity index (χ1v) is 7.89. The molecule has 1 aromatic carbocycles. The average Bonchev–Trinajstić information content (AvgIpc) is 2.41. The van der Waals surface area contributed by atoms with Crippen molar-refractivity contribution in [2.45, 2.75) is 18.8 Å². The van der Waals surface area contributed by atoms with Crippen LogP contribution in [0.5, 0.6) is 0 Å². The van der Waals surface area contributed by atoms with Gasteiger partial charge in [-0.05, 0) is 24.1 Å². The van der Waals surface area contributed by atoms with E-state index in [2.05, 4.69) is 0 Å². The molecule has 0 heterocycles. The molecular formula is C13H19FO4S. The van der Waals surface area contributed by atoms with Crippen molar-refractivity contribution in [3.8, 4) is 0 Å². The van der Waals surface area contributed by atoms with Crippen LogP contribution in [0.3, 0.4) is 0 Å². The molecule has 0 aromatic heterocycles. The third-order valence-electron chi connectivity index (χ3n) is 3.37. The second-order valence-electron chi connectivity index (χ2n) is 4.59. The molecule has 0 atom stereocenters. The van der Waals surface area contributed by atoms with E-state index in [1.54, 1.807) is 6.07 Å². The Balaban J connectivity index is 3.04. The fourth-order valence-corrected chi connectivity index (χ4v) is 2.84. The van der Waals surface area contributed by atoms with Crippen LogP contribution < -0.4 is 0 Å². The second-order valence-corrected chi connectivity index (χ2v) is 7.07. The molecule has 6 heteroatoms. The first kappa shape index (κ1) is 16.1. The van der Waals surface area contributed by atoms with Gasteiger partial charge in [-0.15, -0.1) is 0 Å². The normalized spacial score (nSPS) is 12.6. The number of hydrogen-bond donors (Lipinski definition) is 2. The minimum atomic E-state index is -3.21. The van der Waals surface area contributed by atoms with Gasteiger partial charge in [-0.3, -0.25) is 0 Å². The zero-order chi connectivity index (χ0) is 14.5. The van der Waals surface area contributed by atoms with E-state index in [1.165, 1.54) is 25.1 Å². The second kappa shape index (κ2) is 6.45. The summed E-state index contributed by atoms with van der Waals surface area (Å²) in [6, 6.07) is 5.52. The molecule has 0 bridgehead atoms. The molecule has 108 valence electrons. The van der Waals surface area contributed by atoms with E-state index in [0.717, 1.165) is 0 Å². The molecule has 0 radical (unpaired) electrons. The van der Waals surface area contributed by atoms with Crippen LogP contribution in [0.25, 0.3) is 0 Å². The lowest BCUT2D eigenvalue weighted by atomic mass is 9.79. The Morgan fingerprint density at radius 1 is 1.26 bits per heavy atom. The summed E-state index contributed by atoms with van der Waals surface area (Å²) < 4.78 is 36.3. The van der Waals surface area contributed by atoms with Gasteiger partial charge >= 0.3 is 0 Å². The number of sulfone groups is 1. The van der Waals surface area contributed by atoms with Gasteiger partial charge in [0.15, 0.2) is 0 Å². The highest BCUT2D eigenvalue weighted by Gasteiger charge is 2.32. The molecule has 0 aliphatic rings. The van der Waals surface area contributed by atoms with Crippen molar-refractivity contribution in [3.05, 3.63) is 35.6 Å². The quantitative estimate of drug-likeness (QED) is 0.781. The Hall–Kier alpha value is -0.980. The van der Waals surface area contributed by atoms with Gasteiger partial charge in [-0.1, -0.05) is 19.1 Å². The van der Waals surface area contributed by atoms with Crippen molar-refractivity contribution < 1.29 is 23.0 Å². The smallest absolute Gasteiger partial charge is 0.150 e. The summed E-state index contributed by atoms with van der Waals surface area (Å²) in [7, 11) is -3.21. The predicted octanol–water partition coefficient (Wildman–Crippen LogP) is 0.873. The summed E-state index contributed by atoms with van der Waals surface area (Å²) >= 11 is 0. The van der Waals surface area contributed by atoms with Crippen molar-refractivity contribution in [1.82, 2.24) is 0 Å². The maximum atomic E-state index is 13.2. The Labute approximate surface area is 112 Å². The van der Waals surface area contributed by atoms with Crippen LogP contribution in [-0.2, 0) is 15.3 Å². The van der Waals surface area contributed by atoms with Gasteiger partial charge < -0.3 is 10.2 Å². The third kappa shape index (κ3) is 3.99. The monoisotopic (exact) mass is 290 g/mol. The van der Waals surface area contributed by atoms with Crippen molar-refractivity contribution in [1.29, 1.82) is 0 Å². The lowest BCUT2D eigenvalue weighted by molar-refractivity contribution is 0.113. The van der Waals surface area contributed by atoms with Crippen molar-refractivity contribution in [3.63, 3.8) is 0 Å². The zero-order valence-electron chi connectivity index (χ0n) is 10.8. The highest BCUT2D eigenvalue weighted by molar-refractivity contribution is 7.91. The van der Waals surface area contributed by atoms with Gasteiger partial charge in [0.25, 0.3) is 0 Å². The van der Waals surface area contributed by atoms with Gasteiger partial charge in [0.05, 0.1) is 19.0 Å². The average molecular weight is 290 g/mol. The molecule has 0 fully saturated rings. The Bertz CT molecular complexity index is 509. The first-order chi connectivity index (χ1) is 8.89. The van der Waals surface area contributed by atoms with Crippen molar-refractivity contribution in [2.24, 2.45) is 0 Å². The van der Waals surface area contributed by atoms with Gasteiger partial charge in [-0.2, -0.15) is 0 Å². The summed E-state index contributed by atoms with van der Waals surface area (Å²) in [5.41, 5.74) is -0.728. The molecular weight excluding hydrogens is 271 g/mol. The first-order valence-electron chi connectivity index (χ1n) is 6.07. The summed E-state index contributed by atoms with van der Waals surface area (Å²) in [4.78, 5) is 0. The highest BCUT2D eigenvalue weighted by Crippen LogP contribution is 2.28. The molecule has 0 unspecified atom stereocenters. The molecule has 0 aliphatic carbocycles. The molecule has 0 saturated heterocycles. The van der Waals surface area contributed by atoms with Gasteiger partial charge in [-0.25, -0.2) is 12.8 Å². The minimum absolute atomic E-state index is 0.00306. The molecule has 2 N–H and O–H groups in total. The lowest BCUT2D eigenvalue weighted by Crippen LogP contribution is -2.37. The van der Waals surface area contributed by atoms with E-state index in [4.69, 9.17) is 0 Å². The third-order valence-corrected chi connectivity index (χ3v) is 5.08. The number of halogens is 1. The molecule has 0 amide bonds. The van der Waals surface area contributed by atoms with E-state index in [-0.39, 0.29) is 17.9 Å². The summed E-state index contributed by atoms with van der Waals surface area (Å²) in [5, 5.41) is 19.0. The maximum absolute atomic E-state index is 13.2. The van der Waals surface area contributed by atoms with Crippen LogP contribution >= 0.6 is 0 Å². The molecule has 4 nitrogen and oxygen atoms in total. The fourth-order valence-electron chi connectivity index (χ4n) is 1.85. The van der Waals surface area contributed by atoms with Crippen LogP contribution in [0.15, 0.2) is 24.3 Å². The number of benzene rings is 1. The molecule has 1 rings (SSSR count). The zero-order valence-corrected chi connectivity index (χ0v) is 11.7. The number of aliphatic hydroxyl groups is 2. The fraction of sp³-hybridized carbons (Fsp3) is 0.538. The molecule has 0 saturated carbocycles. The van der Waals surface area contributed by atoms with Gasteiger partial charge in [0, 0.05) is 11.2 Å². The van der Waals surface area contributed by atoms with Crippen LogP contribution in [0.2, 0.25) is 0 Å². The van der Waals surface area contributed by atoms with Crippen molar-refractivity contribution in [2.75, 3.05) is 24.7 Å². The van der Waals surface area contributed by atoms with Crippen LogP contribution in [0.4, 0.5) is 4.39 Å². The maximum Gasteiger partial charge on any atom is 0.150 e. The number of hydrogen-bond acceptors (Lipinski definition) is 4. The Morgan fingerprint density at radius 2 is 1.89 bits per heavy atom. The largest absolute Gasteiger partial charge is 0.395 e. The van der Waals surface area contributed by atoms with Gasteiger partial charge in [0.1, 0.15) is 15.7 Å². The number of aliphatic hydroxyl groups excluding tert-OH is 2. The highest BCUT2D eigenvalue weighted by atomic mass is 32.2. The van der Waals surface area contributed by atoms with E-state index >= 15 is 0 Å². The predicted molar refractivity (Wildman–Crippen MR) is 71.2 cm³/mol. The topological polar surface area (TPSA) is 74.6 Å². The lowest BCUT2D eigenvalue weighted by Gasteiger charge is -2.30. The minimum Gasteiger partial charge on any atom is -0.395 e. The Kier molecular flexibility index (Phi) is 5.46. The van der Waals surface area contributed by atoms with Crippen LogP contribution in [-0.4, -0.2) is 43.4 Å². The van der Waals surface area contributed by atoms with Gasteiger partial charge in [0.2, 0.25) is 0 Å². The molecule has 19 heavy (non-hydrogen) atoms. The van der Waals surface area contributed by atoms with E-state index < -0.39 is 34.3 Å². The molecule has 0 aliphatic heterocycles. The standard InChI is InChI=1S/C13H19FO4S/c1-2-19(17,18)7-6-13(9-15,10-16)11-4-3-5-12(14)8-11/h3-5,8,15-16H,2,6-7,9-10H2,1H3. The summed E-state index contributed by atoms with van der Waals surface area (Å²) in [6.45, 7) is 0.662. The molecule has 0 spiro atoms. The SMILES string of the molecule is CCS(=O)(=O)CCC(CO)(CO)c1cccc(F)c1.